The van der Waals surface area contributed by atoms with Crippen LogP contribution in [0.25, 0.3) is 0 Å². The molecule has 1 fully saturated rings. The van der Waals surface area contributed by atoms with Crippen LogP contribution in [0.1, 0.15) is 53.4 Å². The molecule has 0 bridgehead atoms. The van der Waals surface area contributed by atoms with Gasteiger partial charge >= 0.3 is 0 Å². The second-order valence-corrected chi connectivity index (χ2v) is 5.38. The van der Waals surface area contributed by atoms with Gasteiger partial charge in [0.25, 0.3) is 0 Å². The van der Waals surface area contributed by atoms with Crippen LogP contribution in [-0.2, 0) is 4.79 Å². The van der Waals surface area contributed by atoms with Crippen molar-refractivity contribution in [2.45, 2.75) is 53.4 Å². The summed E-state index contributed by atoms with van der Waals surface area (Å²) in [6.45, 7) is 8.56. The maximum Gasteiger partial charge on any atom is 0.184 e. The molecule has 0 heterocycles. The van der Waals surface area contributed by atoms with Crippen LogP contribution in [0.15, 0.2) is 23.3 Å². The molecule has 0 N–H and O–H groups in total. The summed E-state index contributed by atoms with van der Waals surface area (Å²) in [6, 6.07) is 0. The molecule has 1 rings (SSSR count). The van der Waals surface area contributed by atoms with Crippen LogP contribution in [0.4, 0.5) is 0 Å². The first-order chi connectivity index (χ1) is 6.94. The maximum absolute atomic E-state index is 12.0. The van der Waals surface area contributed by atoms with E-state index in [0.29, 0.717) is 5.78 Å². The molecule has 1 heteroatoms. The average Bonchev–Trinajstić information content (AvgIpc) is 2.43. The molecule has 0 aromatic carbocycles. The van der Waals surface area contributed by atoms with Crippen molar-refractivity contribution in [3.8, 4) is 0 Å². The normalized spacial score (nSPS) is 23.1. The number of hydrogen-bond donors (Lipinski definition) is 0. The Morgan fingerprint density at radius 3 is 2.33 bits per heavy atom. The third-order valence-electron chi connectivity index (χ3n) is 2.53. The van der Waals surface area contributed by atoms with Crippen molar-refractivity contribution in [1.29, 1.82) is 0 Å². The molecule has 0 spiro atoms. The van der Waals surface area contributed by atoms with Crippen molar-refractivity contribution in [3.05, 3.63) is 23.3 Å². The van der Waals surface area contributed by atoms with Gasteiger partial charge in [0.15, 0.2) is 5.78 Å². The lowest BCUT2D eigenvalue weighted by Gasteiger charge is -2.12. The summed E-state index contributed by atoms with van der Waals surface area (Å²) in [6.07, 6.45) is 8.28. The van der Waals surface area contributed by atoms with Gasteiger partial charge in [0, 0.05) is 0 Å². The largest absolute Gasteiger partial charge is 0.289 e. The SMILES string of the molecule is CCCC=C1CCC(=CC(C)(C)C)C1=O. The standard InChI is InChI=1S/C14H22O/c1-5-6-7-11-8-9-12(13(11)15)10-14(2,3)4/h7,10H,5-6,8-9H2,1-4H3. The van der Waals surface area contributed by atoms with Crippen LogP contribution < -0.4 is 0 Å². The van der Waals surface area contributed by atoms with Gasteiger partial charge in [-0.2, -0.15) is 0 Å². The van der Waals surface area contributed by atoms with Crippen LogP contribution in [0.2, 0.25) is 0 Å². The third-order valence-corrected chi connectivity index (χ3v) is 2.53. The molecule has 0 amide bonds. The molecule has 0 radical (unpaired) electrons. The van der Waals surface area contributed by atoms with Gasteiger partial charge in [-0.1, -0.05) is 46.3 Å². The number of carbonyl (C=O) groups is 1. The lowest BCUT2D eigenvalue weighted by Crippen LogP contribution is -2.04. The van der Waals surface area contributed by atoms with Crippen molar-refractivity contribution >= 4 is 5.78 Å². The fraction of sp³-hybridized carbons (Fsp3) is 0.643. The van der Waals surface area contributed by atoms with E-state index in [2.05, 4.69) is 39.8 Å². The highest BCUT2D eigenvalue weighted by molar-refractivity contribution is 6.10. The lowest BCUT2D eigenvalue weighted by molar-refractivity contribution is -0.111. The van der Waals surface area contributed by atoms with E-state index >= 15 is 0 Å². The van der Waals surface area contributed by atoms with Crippen molar-refractivity contribution in [2.24, 2.45) is 5.41 Å². The number of carbonyl (C=O) groups excluding carboxylic acids is 1. The summed E-state index contributed by atoms with van der Waals surface area (Å²) >= 11 is 0. The maximum atomic E-state index is 12.0. The number of Topliss-reactive ketones (excluding diaryl/α,β-unsaturated/α-hetero) is 1. The molecule has 1 aliphatic carbocycles. The smallest absolute Gasteiger partial charge is 0.184 e. The number of hydrogen-bond acceptors (Lipinski definition) is 1. The van der Waals surface area contributed by atoms with Crippen molar-refractivity contribution in [1.82, 2.24) is 0 Å². The number of unbranched alkanes of at least 4 members (excludes halogenated alkanes) is 1. The van der Waals surface area contributed by atoms with E-state index in [1.54, 1.807) is 0 Å². The Morgan fingerprint density at radius 1 is 1.20 bits per heavy atom. The third kappa shape index (κ3) is 3.65. The Labute approximate surface area is 93.3 Å². The minimum Gasteiger partial charge on any atom is -0.289 e. The molecule has 0 atom stereocenters. The molecule has 1 nitrogen and oxygen atoms in total. The van der Waals surface area contributed by atoms with Gasteiger partial charge in [-0.25, -0.2) is 0 Å². The van der Waals surface area contributed by atoms with Crippen LogP contribution >= 0.6 is 0 Å². The van der Waals surface area contributed by atoms with E-state index in [0.717, 1.165) is 36.8 Å². The monoisotopic (exact) mass is 206 g/mol. The Kier molecular flexibility index (Phi) is 3.90. The summed E-state index contributed by atoms with van der Waals surface area (Å²) in [7, 11) is 0. The number of rotatable bonds is 2. The van der Waals surface area contributed by atoms with Gasteiger partial charge in [0.1, 0.15) is 0 Å². The van der Waals surface area contributed by atoms with Crippen LogP contribution in [-0.4, -0.2) is 5.78 Å². The summed E-state index contributed by atoms with van der Waals surface area (Å²) in [5.41, 5.74) is 2.17. The van der Waals surface area contributed by atoms with E-state index in [-0.39, 0.29) is 5.41 Å². The number of allylic oxidation sites excluding steroid dienone is 4. The quantitative estimate of drug-likeness (QED) is 0.623. The summed E-state index contributed by atoms with van der Waals surface area (Å²) in [5.74, 6) is 0.290. The molecule has 0 aromatic rings. The molecular weight excluding hydrogens is 184 g/mol. The Morgan fingerprint density at radius 2 is 1.80 bits per heavy atom. The minimum atomic E-state index is 0.116. The first-order valence-electron chi connectivity index (χ1n) is 5.89. The highest BCUT2D eigenvalue weighted by atomic mass is 16.1. The van der Waals surface area contributed by atoms with E-state index in [4.69, 9.17) is 0 Å². The van der Waals surface area contributed by atoms with Gasteiger partial charge < -0.3 is 0 Å². The van der Waals surface area contributed by atoms with Crippen molar-refractivity contribution < 1.29 is 4.79 Å². The second kappa shape index (κ2) is 4.78. The molecule has 0 aliphatic heterocycles. The Hall–Kier alpha value is -0.850. The molecule has 84 valence electrons. The fourth-order valence-electron chi connectivity index (χ4n) is 1.88. The molecule has 0 aromatic heterocycles. The summed E-state index contributed by atoms with van der Waals surface area (Å²) < 4.78 is 0. The van der Waals surface area contributed by atoms with Gasteiger partial charge in [0.05, 0.1) is 0 Å². The number of ketones is 1. The topological polar surface area (TPSA) is 17.1 Å². The molecule has 1 saturated carbocycles. The first-order valence-corrected chi connectivity index (χ1v) is 5.89. The highest BCUT2D eigenvalue weighted by Crippen LogP contribution is 2.30. The average molecular weight is 206 g/mol. The molecule has 0 saturated heterocycles. The van der Waals surface area contributed by atoms with Gasteiger partial charge in [-0.15, -0.1) is 0 Å². The van der Waals surface area contributed by atoms with Gasteiger partial charge in [0.2, 0.25) is 0 Å². The van der Waals surface area contributed by atoms with Crippen LogP contribution in [0, 0.1) is 5.41 Å². The first kappa shape index (κ1) is 12.2. The predicted molar refractivity (Wildman–Crippen MR) is 64.8 cm³/mol. The van der Waals surface area contributed by atoms with Crippen molar-refractivity contribution in [3.63, 3.8) is 0 Å². The zero-order chi connectivity index (χ0) is 11.5. The van der Waals surface area contributed by atoms with E-state index in [9.17, 15) is 4.79 Å². The van der Waals surface area contributed by atoms with Crippen molar-refractivity contribution in [2.75, 3.05) is 0 Å². The Balaban J connectivity index is 2.77. The van der Waals surface area contributed by atoms with Gasteiger partial charge in [-0.05, 0) is 35.8 Å². The summed E-state index contributed by atoms with van der Waals surface area (Å²) in [4.78, 5) is 12.0. The fourth-order valence-corrected chi connectivity index (χ4v) is 1.88. The lowest BCUT2D eigenvalue weighted by atomic mass is 9.92. The van der Waals surface area contributed by atoms with Crippen LogP contribution in [0.5, 0.6) is 0 Å². The van der Waals surface area contributed by atoms with E-state index in [1.807, 2.05) is 0 Å². The zero-order valence-electron chi connectivity index (χ0n) is 10.4. The van der Waals surface area contributed by atoms with E-state index < -0.39 is 0 Å². The van der Waals surface area contributed by atoms with E-state index in [1.165, 1.54) is 0 Å². The Bertz CT molecular complexity index is 300. The van der Waals surface area contributed by atoms with Gasteiger partial charge in [-0.3, -0.25) is 4.79 Å². The molecule has 0 unspecified atom stereocenters. The zero-order valence-corrected chi connectivity index (χ0v) is 10.4. The second-order valence-electron chi connectivity index (χ2n) is 5.38. The molecule has 15 heavy (non-hydrogen) atoms. The molecule has 1 aliphatic rings. The molecular formula is C14H22O. The predicted octanol–water partition coefficient (Wildman–Crippen LogP) is 4.05. The summed E-state index contributed by atoms with van der Waals surface area (Å²) in [5, 5.41) is 0. The minimum absolute atomic E-state index is 0.116. The highest BCUT2D eigenvalue weighted by Gasteiger charge is 2.24. The van der Waals surface area contributed by atoms with Crippen LogP contribution in [0.3, 0.4) is 0 Å².